The Morgan fingerprint density at radius 1 is 1.62 bits per heavy atom. The molecule has 1 aromatic rings. The Morgan fingerprint density at radius 3 is 2.90 bits per heavy atom. The van der Waals surface area contributed by atoms with Crippen LogP contribution in [0.2, 0.25) is 0 Å². The SMILES string of the molecule is COc1cc(C(=O)NC(C(=O)O)C2CCCOC2)sc1Br. The number of hydrogen-bond donors (Lipinski definition) is 2. The molecule has 1 amide bonds. The van der Waals surface area contributed by atoms with Gasteiger partial charge in [-0.05, 0) is 28.8 Å². The Bertz CT molecular complexity index is 527. The van der Waals surface area contributed by atoms with Crippen molar-refractivity contribution in [2.45, 2.75) is 18.9 Å². The van der Waals surface area contributed by atoms with Gasteiger partial charge in [-0.25, -0.2) is 4.79 Å². The predicted octanol–water partition coefficient (Wildman–Crippen LogP) is 2.13. The summed E-state index contributed by atoms with van der Waals surface area (Å²) >= 11 is 4.50. The number of thiophene rings is 1. The lowest BCUT2D eigenvalue weighted by atomic mass is 9.93. The summed E-state index contributed by atoms with van der Waals surface area (Å²) in [5.41, 5.74) is 0. The third-order valence-corrected chi connectivity index (χ3v) is 5.10. The molecule has 0 saturated carbocycles. The number of ether oxygens (including phenoxy) is 2. The standard InChI is InChI=1S/C13H16BrNO5S/c1-19-8-5-9(21-11(8)14)12(16)15-10(13(17)18)7-3-2-4-20-6-7/h5,7,10H,2-4,6H2,1H3,(H,15,16)(H,17,18). The monoisotopic (exact) mass is 377 g/mol. The maximum atomic E-state index is 12.2. The van der Waals surface area contributed by atoms with Crippen LogP contribution >= 0.6 is 27.3 Å². The number of hydrogen-bond acceptors (Lipinski definition) is 5. The smallest absolute Gasteiger partial charge is 0.326 e. The van der Waals surface area contributed by atoms with E-state index in [1.54, 1.807) is 6.07 Å². The molecule has 0 bridgehead atoms. The molecule has 2 unspecified atom stereocenters. The van der Waals surface area contributed by atoms with Gasteiger partial charge in [0.05, 0.1) is 18.6 Å². The van der Waals surface area contributed by atoms with E-state index in [1.807, 2.05) is 0 Å². The first kappa shape index (κ1) is 16.3. The van der Waals surface area contributed by atoms with E-state index in [0.717, 1.165) is 12.8 Å². The molecular formula is C13H16BrNO5S. The van der Waals surface area contributed by atoms with E-state index in [2.05, 4.69) is 21.2 Å². The topological polar surface area (TPSA) is 84.9 Å². The first-order chi connectivity index (χ1) is 10.0. The van der Waals surface area contributed by atoms with Gasteiger partial charge in [-0.1, -0.05) is 0 Å². The Morgan fingerprint density at radius 2 is 2.38 bits per heavy atom. The Hall–Kier alpha value is -1.12. The first-order valence-electron chi connectivity index (χ1n) is 6.47. The van der Waals surface area contributed by atoms with Crippen LogP contribution in [0.3, 0.4) is 0 Å². The summed E-state index contributed by atoms with van der Waals surface area (Å²) < 4.78 is 11.1. The Balaban J connectivity index is 2.08. The molecule has 21 heavy (non-hydrogen) atoms. The molecule has 1 aromatic heterocycles. The largest absolute Gasteiger partial charge is 0.495 e. The quantitative estimate of drug-likeness (QED) is 0.820. The van der Waals surface area contributed by atoms with Gasteiger partial charge in [-0.3, -0.25) is 4.79 Å². The van der Waals surface area contributed by atoms with Crippen LogP contribution < -0.4 is 10.1 Å². The average Bonchev–Trinajstić information content (AvgIpc) is 2.86. The molecule has 0 spiro atoms. The van der Waals surface area contributed by atoms with Crippen LogP contribution in [0.25, 0.3) is 0 Å². The van der Waals surface area contributed by atoms with Gasteiger partial charge in [0.25, 0.3) is 5.91 Å². The van der Waals surface area contributed by atoms with Gasteiger partial charge in [0, 0.05) is 18.6 Å². The van der Waals surface area contributed by atoms with E-state index in [-0.39, 0.29) is 5.92 Å². The van der Waals surface area contributed by atoms with Crippen molar-refractivity contribution < 1.29 is 24.2 Å². The number of carboxylic acid groups (broad SMARTS) is 1. The summed E-state index contributed by atoms with van der Waals surface area (Å²) in [5, 5.41) is 11.9. The summed E-state index contributed by atoms with van der Waals surface area (Å²) in [4.78, 5) is 24.0. The van der Waals surface area contributed by atoms with E-state index in [9.17, 15) is 14.7 Å². The van der Waals surface area contributed by atoms with E-state index >= 15 is 0 Å². The summed E-state index contributed by atoms with van der Waals surface area (Å²) in [6.45, 7) is 1.00. The highest BCUT2D eigenvalue weighted by atomic mass is 79.9. The molecule has 8 heteroatoms. The second kappa shape index (κ2) is 7.24. The number of carbonyl (C=O) groups is 2. The predicted molar refractivity (Wildman–Crippen MR) is 81.0 cm³/mol. The molecule has 0 radical (unpaired) electrons. The molecule has 0 aliphatic carbocycles. The lowest BCUT2D eigenvalue weighted by molar-refractivity contribution is -0.142. The minimum absolute atomic E-state index is 0.203. The highest BCUT2D eigenvalue weighted by Crippen LogP contribution is 2.34. The zero-order valence-electron chi connectivity index (χ0n) is 11.4. The highest BCUT2D eigenvalue weighted by molar-refractivity contribution is 9.11. The molecular weight excluding hydrogens is 362 g/mol. The van der Waals surface area contributed by atoms with E-state index in [4.69, 9.17) is 9.47 Å². The number of rotatable bonds is 5. The van der Waals surface area contributed by atoms with Crippen LogP contribution in [0.1, 0.15) is 22.5 Å². The van der Waals surface area contributed by atoms with Crippen LogP contribution in [0.4, 0.5) is 0 Å². The summed E-state index contributed by atoms with van der Waals surface area (Å²) in [7, 11) is 1.51. The van der Waals surface area contributed by atoms with E-state index in [1.165, 1.54) is 18.4 Å². The lowest BCUT2D eigenvalue weighted by Crippen LogP contribution is -2.48. The minimum atomic E-state index is -1.04. The second-order valence-electron chi connectivity index (χ2n) is 4.72. The summed E-state index contributed by atoms with van der Waals surface area (Å²) in [6.07, 6.45) is 1.54. The number of halogens is 1. The van der Waals surface area contributed by atoms with Crippen molar-refractivity contribution in [1.82, 2.24) is 5.32 Å². The normalized spacial score (nSPS) is 19.8. The van der Waals surface area contributed by atoms with Crippen molar-refractivity contribution in [3.05, 3.63) is 14.7 Å². The van der Waals surface area contributed by atoms with Gasteiger partial charge in [0.1, 0.15) is 15.6 Å². The fourth-order valence-electron chi connectivity index (χ4n) is 2.23. The van der Waals surface area contributed by atoms with Gasteiger partial charge in [-0.2, -0.15) is 0 Å². The Labute approximate surface area is 134 Å². The van der Waals surface area contributed by atoms with Crippen LogP contribution in [-0.4, -0.2) is 43.3 Å². The van der Waals surface area contributed by atoms with E-state index in [0.29, 0.717) is 27.6 Å². The molecule has 1 fully saturated rings. The first-order valence-corrected chi connectivity index (χ1v) is 8.08. The molecule has 2 N–H and O–H groups in total. The van der Waals surface area contributed by atoms with Crippen molar-refractivity contribution in [3.63, 3.8) is 0 Å². The third kappa shape index (κ3) is 3.96. The molecule has 2 rings (SSSR count). The van der Waals surface area contributed by atoms with Gasteiger partial charge in [-0.15, -0.1) is 11.3 Å². The third-order valence-electron chi connectivity index (χ3n) is 3.32. The van der Waals surface area contributed by atoms with Crippen LogP contribution in [0, 0.1) is 5.92 Å². The summed E-state index contributed by atoms with van der Waals surface area (Å²) in [6, 6.07) is 0.644. The minimum Gasteiger partial charge on any atom is -0.495 e. The maximum Gasteiger partial charge on any atom is 0.326 e. The number of amides is 1. The van der Waals surface area contributed by atoms with Crippen molar-refractivity contribution >= 4 is 39.1 Å². The zero-order valence-corrected chi connectivity index (χ0v) is 13.8. The number of carbonyl (C=O) groups excluding carboxylic acids is 1. The molecule has 0 aromatic carbocycles. The van der Waals surface area contributed by atoms with E-state index < -0.39 is 17.9 Å². The van der Waals surface area contributed by atoms with Crippen molar-refractivity contribution in [2.75, 3.05) is 20.3 Å². The summed E-state index contributed by atoms with van der Waals surface area (Å²) in [5.74, 6) is -1.10. The maximum absolute atomic E-state index is 12.2. The van der Waals surface area contributed by atoms with Gasteiger partial charge in [0.15, 0.2) is 0 Å². The fourth-order valence-corrected chi connectivity index (χ4v) is 3.78. The number of carboxylic acids is 1. The van der Waals surface area contributed by atoms with Gasteiger partial charge < -0.3 is 19.9 Å². The van der Waals surface area contributed by atoms with Gasteiger partial charge in [0.2, 0.25) is 0 Å². The molecule has 116 valence electrons. The fraction of sp³-hybridized carbons (Fsp3) is 0.538. The number of nitrogens with one attached hydrogen (secondary N) is 1. The van der Waals surface area contributed by atoms with Crippen molar-refractivity contribution in [1.29, 1.82) is 0 Å². The molecule has 1 aliphatic heterocycles. The molecule has 6 nitrogen and oxygen atoms in total. The highest BCUT2D eigenvalue weighted by Gasteiger charge is 2.32. The molecule has 1 saturated heterocycles. The van der Waals surface area contributed by atoms with Crippen LogP contribution in [0.15, 0.2) is 9.85 Å². The lowest BCUT2D eigenvalue weighted by Gasteiger charge is -2.27. The second-order valence-corrected chi connectivity index (χ2v) is 7.09. The van der Waals surface area contributed by atoms with Crippen LogP contribution in [0.5, 0.6) is 5.75 Å². The van der Waals surface area contributed by atoms with Gasteiger partial charge >= 0.3 is 5.97 Å². The molecule has 2 atom stereocenters. The number of methoxy groups -OCH3 is 1. The van der Waals surface area contributed by atoms with Crippen LogP contribution in [-0.2, 0) is 9.53 Å². The molecule has 1 aliphatic rings. The zero-order chi connectivity index (χ0) is 15.4. The Kier molecular flexibility index (Phi) is 5.60. The number of aliphatic carboxylic acids is 1. The molecule has 2 heterocycles. The van der Waals surface area contributed by atoms with Crippen molar-refractivity contribution in [3.8, 4) is 5.75 Å². The van der Waals surface area contributed by atoms with Crippen molar-refractivity contribution in [2.24, 2.45) is 5.92 Å². The average molecular weight is 378 g/mol.